The maximum absolute atomic E-state index is 2.60. The van der Waals surface area contributed by atoms with Gasteiger partial charge in [-0.3, -0.25) is 0 Å². The summed E-state index contributed by atoms with van der Waals surface area (Å²) < 4.78 is 3.31. The normalized spacial score (nSPS) is 11.1. The van der Waals surface area contributed by atoms with Crippen LogP contribution in [0, 0.1) is 13.8 Å². The molecule has 120 valence electrons. The molecule has 2 heteroatoms. The second kappa shape index (κ2) is 9.13. The molecule has 0 saturated carbocycles. The summed E-state index contributed by atoms with van der Waals surface area (Å²) in [6.45, 7) is 6.87. The Labute approximate surface area is 156 Å². The summed E-state index contributed by atoms with van der Waals surface area (Å²) in [5, 5.41) is 1.39. The smallest absolute Gasteiger partial charge is 1.00 e. The van der Waals surface area contributed by atoms with Gasteiger partial charge in [-0.25, -0.2) is 0 Å². The van der Waals surface area contributed by atoms with E-state index < -0.39 is 13.6 Å². The van der Waals surface area contributed by atoms with Gasteiger partial charge in [-0.1, -0.05) is 0 Å². The molecule has 0 amide bonds. The van der Waals surface area contributed by atoms with Crippen molar-refractivity contribution in [1.29, 1.82) is 0 Å². The van der Waals surface area contributed by atoms with Gasteiger partial charge in [0.2, 0.25) is 0 Å². The number of hydrogen-bond acceptors (Lipinski definition) is 0. The van der Waals surface area contributed by atoms with E-state index in [4.69, 9.17) is 0 Å². The van der Waals surface area contributed by atoms with E-state index in [2.05, 4.69) is 75.0 Å². The van der Waals surface area contributed by atoms with Crippen LogP contribution >= 0.6 is 0 Å². The third-order valence-corrected chi connectivity index (χ3v) is 13.6. The fraction of sp³-hybridized carbons (Fsp3) is 0.400. The maximum Gasteiger partial charge on any atom is -1.00 e. The topological polar surface area (TPSA) is 0 Å². The molecule has 0 aliphatic carbocycles. The van der Waals surface area contributed by atoms with Crippen molar-refractivity contribution in [3.05, 3.63) is 59.7 Å². The molecule has 0 radical (unpaired) electrons. The van der Waals surface area contributed by atoms with Gasteiger partial charge >= 0.3 is 133 Å². The second-order valence-corrected chi connectivity index (χ2v) is 14.2. The molecule has 0 aromatic heterocycles. The summed E-state index contributed by atoms with van der Waals surface area (Å²) in [7, 11) is 0. The Balaban J connectivity index is 0.00000242. The molecule has 0 aliphatic rings. The van der Waals surface area contributed by atoms with Crippen LogP contribution in [0.25, 0.3) is 0 Å². The van der Waals surface area contributed by atoms with Crippen LogP contribution in [0.3, 0.4) is 0 Å². The van der Waals surface area contributed by atoms with Crippen molar-refractivity contribution in [2.75, 3.05) is 0 Å². The molecule has 0 heterocycles. The minimum absolute atomic E-state index is 0. The Morgan fingerprint density at radius 3 is 1.64 bits per heavy atom. The van der Waals surface area contributed by atoms with E-state index in [1.807, 2.05) is 0 Å². The van der Waals surface area contributed by atoms with E-state index in [0.29, 0.717) is 0 Å². The summed E-state index contributed by atoms with van der Waals surface area (Å²) in [4.78, 5) is 0. The third-order valence-electron chi connectivity index (χ3n) is 4.50. The van der Waals surface area contributed by atoms with Crippen molar-refractivity contribution < 1.29 is 24.0 Å². The van der Waals surface area contributed by atoms with Crippen LogP contribution in [0.2, 0.25) is 10.9 Å². The average Bonchev–Trinajstić information content (AvgIpc) is 2.48. The molecule has 0 atom stereocenters. The minimum Gasteiger partial charge on any atom is -1.00 e. The van der Waals surface area contributed by atoms with Crippen molar-refractivity contribution in [2.45, 2.75) is 51.0 Å². The first-order valence-corrected chi connectivity index (χ1v) is 13.2. The van der Waals surface area contributed by atoms with Crippen molar-refractivity contribution in [2.24, 2.45) is 0 Å². The summed E-state index contributed by atoms with van der Waals surface area (Å²) in [5.74, 6) is 0. The molecule has 2 aromatic rings. The molecule has 22 heavy (non-hydrogen) atoms. The van der Waals surface area contributed by atoms with Crippen molar-refractivity contribution >= 4 is 22.3 Å². The Morgan fingerprint density at radius 2 is 1.23 bits per heavy atom. The van der Waals surface area contributed by atoms with Crippen LogP contribution in [0.5, 0.6) is 0 Å². The molecule has 0 aliphatic heterocycles. The van der Waals surface area contributed by atoms with E-state index in [9.17, 15) is 0 Å². The first-order valence-electron chi connectivity index (χ1n) is 8.07. The van der Waals surface area contributed by atoms with Crippen LogP contribution in [-0.2, 0) is 0 Å². The first-order chi connectivity index (χ1) is 10.1. The summed E-state index contributed by atoms with van der Waals surface area (Å²) in [6.07, 6.45) is 4.02. The van der Waals surface area contributed by atoms with E-state index >= 15 is 0 Å². The number of hydrogen-bond donors (Lipinski definition) is 0. The number of benzene rings is 2. The van der Waals surface area contributed by atoms with E-state index in [1.54, 1.807) is 8.70 Å². The van der Waals surface area contributed by atoms with Gasteiger partial charge in [0.1, 0.15) is 0 Å². The quantitative estimate of drug-likeness (QED) is 0.343. The van der Waals surface area contributed by atoms with Crippen LogP contribution in [0.4, 0.5) is 0 Å². The predicted molar refractivity (Wildman–Crippen MR) is 97.6 cm³/mol. The Kier molecular flexibility index (Phi) is 8.21. The number of unbranched alkanes of at least 4 members (excludes halogenated alkanes) is 2. The fourth-order valence-electron chi connectivity index (χ4n) is 3.28. The fourth-order valence-corrected chi connectivity index (χ4v) is 12.0. The Hall–Kier alpha value is -0.272. The molecule has 0 unspecified atom stereocenters. The van der Waals surface area contributed by atoms with Gasteiger partial charge in [-0.2, -0.15) is 0 Å². The zero-order valence-corrected chi connectivity index (χ0v) is 18.3. The monoisotopic (exact) mass is 470 g/mol. The van der Waals surface area contributed by atoms with Crippen LogP contribution in [0.1, 0.15) is 37.3 Å². The second-order valence-electron chi connectivity index (χ2n) is 6.20. The average molecular weight is 470 g/mol. The van der Waals surface area contributed by atoms with Gasteiger partial charge < -0.3 is 24.0 Å². The molecule has 2 aromatic carbocycles. The van der Waals surface area contributed by atoms with E-state index in [1.165, 1.54) is 35.6 Å². The molecule has 0 nitrogen and oxygen atoms in total. The predicted octanol–water partition coefficient (Wildman–Crippen LogP) is 1.69. The van der Waals surface area contributed by atoms with E-state index in [-0.39, 0.29) is 24.0 Å². The van der Waals surface area contributed by atoms with Gasteiger partial charge in [0.25, 0.3) is 0 Å². The number of halogens is 1. The molecule has 0 fully saturated rings. The molecule has 0 N–H and O–H groups in total. The van der Waals surface area contributed by atoms with E-state index in [0.717, 1.165) is 0 Å². The summed E-state index contributed by atoms with van der Waals surface area (Å²) in [5.41, 5.74) is 5.55. The summed E-state index contributed by atoms with van der Waals surface area (Å²) >= 11 is -2.04. The van der Waals surface area contributed by atoms with Gasteiger partial charge in [0, 0.05) is 0 Å². The molecular formula is C20H28AsI. The van der Waals surface area contributed by atoms with Crippen molar-refractivity contribution in [1.82, 2.24) is 0 Å². The standard InChI is InChI=1S/C20H28As.HI/c1-5-6-11-16-21(4,19-14-9-7-12-17(19)2)20-15-10-8-13-18(20)3;/h7-10,12-15H,5-6,11,16H2,1-4H3;1H/q+1;/p-1. The molecular weight excluding hydrogens is 442 g/mol. The Bertz CT molecular complexity index is 546. The largest absolute Gasteiger partial charge is 1.00 e. The maximum atomic E-state index is 2.60. The van der Waals surface area contributed by atoms with Crippen molar-refractivity contribution in [3.8, 4) is 0 Å². The minimum atomic E-state index is -2.04. The van der Waals surface area contributed by atoms with Crippen LogP contribution in [-0.4, -0.2) is 13.6 Å². The van der Waals surface area contributed by atoms with Gasteiger partial charge in [0.15, 0.2) is 0 Å². The van der Waals surface area contributed by atoms with Gasteiger partial charge in [-0.15, -0.1) is 0 Å². The summed E-state index contributed by atoms with van der Waals surface area (Å²) in [6, 6.07) is 18.1. The Morgan fingerprint density at radius 1 is 0.773 bits per heavy atom. The number of rotatable bonds is 6. The van der Waals surface area contributed by atoms with Crippen molar-refractivity contribution in [3.63, 3.8) is 0 Å². The van der Waals surface area contributed by atoms with Crippen LogP contribution < -0.4 is 32.7 Å². The molecule has 0 spiro atoms. The zero-order chi connectivity index (χ0) is 15.3. The van der Waals surface area contributed by atoms with Gasteiger partial charge in [-0.05, 0) is 0 Å². The first kappa shape index (κ1) is 19.8. The van der Waals surface area contributed by atoms with Crippen LogP contribution in [0.15, 0.2) is 48.5 Å². The SMILES string of the molecule is CCCCC[As+](C)(c1ccccc1C)c1ccccc1C.[I-]. The third kappa shape index (κ3) is 4.38. The number of aryl methyl sites for hydroxylation is 2. The van der Waals surface area contributed by atoms with Gasteiger partial charge in [0.05, 0.1) is 0 Å². The zero-order valence-electron chi connectivity index (χ0n) is 14.3. The molecule has 2 rings (SSSR count). The molecule has 0 bridgehead atoms. The molecule has 0 saturated heterocycles.